The van der Waals surface area contributed by atoms with Crippen molar-refractivity contribution >= 4 is 52.1 Å². The minimum atomic E-state index is -0.265. The summed E-state index contributed by atoms with van der Waals surface area (Å²) >= 11 is 18.4. The van der Waals surface area contributed by atoms with Crippen LogP contribution < -0.4 is 10.2 Å². The zero-order chi connectivity index (χ0) is 18.7. The van der Waals surface area contributed by atoms with Crippen molar-refractivity contribution in [3.63, 3.8) is 0 Å². The number of piperazine rings is 1. The summed E-state index contributed by atoms with van der Waals surface area (Å²) in [6, 6.07) is 12.8. The highest BCUT2D eigenvalue weighted by atomic mass is 35.5. The van der Waals surface area contributed by atoms with Crippen LogP contribution in [0, 0.1) is 0 Å². The lowest BCUT2D eigenvalue weighted by atomic mass is 10.2. The van der Waals surface area contributed by atoms with Gasteiger partial charge in [0.1, 0.15) is 0 Å². The molecule has 0 bridgehead atoms. The third-order valence-electron chi connectivity index (χ3n) is 4.64. The van der Waals surface area contributed by atoms with Crippen molar-refractivity contribution in [2.75, 3.05) is 36.4 Å². The van der Waals surface area contributed by atoms with Crippen LogP contribution in [0.2, 0.25) is 15.1 Å². The highest BCUT2D eigenvalue weighted by Gasteiger charge is 2.26. The maximum Gasteiger partial charge on any atom is 0.241 e. The molecular weight excluding hydrogens is 393 g/mol. The minimum Gasteiger partial charge on any atom is -0.368 e. The number of nitrogens with one attached hydrogen (secondary N) is 1. The molecule has 26 heavy (non-hydrogen) atoms. The predicted octanol–water partition coefficient (Wildman–Crippen LogP) is 4.80. The number of carbonyl (C=O) groups excluding carboxylic acids is 1. The molecule has 138 valence electrons. The van der Waals surface area contributed by atoms with E-state index in [0.717, 1.165) is 36.9 Å². The summed E-state index contributed by atoms with van der Waals surface area (Å²) in [5, 5.41) is 4.40. The molecule has 1 aliphatic heterocycles. The molecule has 0 radical (unpaired) electrons. The number of benzene rings is 2. The molecule has 1 fully saturated rings. The Kier molecular flexibility index (Phi) is 6.30. The van der Waals surface area contributed by atoms with Gasteiger partial charge in [0.25, 0.3) is 0 Å². The van der Waals surface area contributed by atoms with Gasteiger partial charge in [0.2, 0.25) is 5.91 Å². The fourth-order valence-corrected chi connectivity index (χ4v) is 3.66. The Labute approximate surface area is 168 Å². The third-order valence-corrected chi connectivity index (χ3v) is 5.78. The fraction of sp³-hybridized carbons (Fsp3) is 0.316. The van der Waals surface area contributed by atoms with Gasteiger partial charge >= 0.3 is 0 Å². The van der Waals surface area contributed by atoms with E-state index in [1.807, 2.05) is 31.2 Å². The number of amides is 1. The first-order chi connectivity index (χ1) is 12.5. The van der Waals surface area contributed by atoms with Crippen molar-refractivity contribution in [2.24, 2.45) is 0 Å². The topological polar surface area (TPSA) is 35.6 Å². The third kappa shape index (κ3) is 4.26. The van der Waals surface area contributed by atoms with E-state index in [1.54, 1.807) is 18.2 Å². The van der Waals surface area contributed by atoms with E-state index in [2.05, 4.69) is 15.1 Å². The summed E-state index contributed by atoms with van der Waals surface area (Å²) in [5.41, 5.74) is 1.57. The smallest absolute Gasteiger partial charge is 0.241 e. The van der Waals surface area contributed by atoms with Crippen LogP contribution in [-0.4, -0.2) is 43.0 Å². The molecule has 1 saturated heterocycles. The van der Waals surface area contributed by atoms with Gasteiger partial charge in [0.15, 0.2) is 0 Å². The maximum absolute atomic E-state index is 12.6. The van der Waals surface area contributed by atoms with Gasteiger partial charge in [-0.15, -0.1) is 0 Å². The summed E-state index contributed by atoms with van der Waals surface area (Å²) in [6.45, 7) is 5.10. The molecule has 1 unspecified atom stereocenters. The number of hydrogen-bond acceptors (Lipinski definition) is 3. The zero-order valence-corrected chi connectivity index (χ0v) is 16.7. The van der Waals surface area contributed by atoms with Gasteiger partial charge in [-0.1, -0.05) is 53.0 Å². The molecule has 0 saturated carbocycles. The second-order valence-corrected chi connectivity index (χ2v) is 7.43. The lowest BCUT2D eigenvalue weighted by Crippen LogP contribution is -2.52. The number of para-hydroxylation sites is 1. The Morgan fingerprint density at radius 3 is 2.31 bits per heavy atom. The molecule has 4 nitrogen and oxygen atoms in total. The fourth-order valence-electron chi connectivity index (χ4n) is 3.06. The van der Waals surface area contributed by atoms with Crippen LogP contribution in [0.4, 0.5) is 11.4 Å². The highest BCUT2D eigenvalue weighted by molar-refractivity contribution is 6.44. The molecule has 2 aromatic carbocycles. The lowest BCUT2D eigenvalue weighted by molar-refractivity contribution is -0.120. The zero-order valence-electron chi connectivity index (χ0n) is 14.4. The Hall–Kier alpha value is -1.46. The number of hydrogen-bond donors (Lipinski definition) is 1. The van der Waals surface area contributed by atoms with Crippen molar-refractivity contribution in [2.45, 2.75) is 13.0 Å². The summed E-state index contributed by atoms with van der Waals surface area (Å²) < 4.78 is 0. The Morgan fingerprint density at radius 2 is 1.62 bits per heavy atom. The molecule has 0 spiro atoms. The molecule has 1 amide bonds. The second kappa shape index (κ2) is 8.49. The summed E-state index contributed by atoms with van der Waals surface area (Å²) in [7, 11) is 0. The van der Waals surface area contributed by atoms with Crippen molar-refractivity contribution in [1.82, 2.24) is 4.90 Å². The molecule has 0 aromatic heterocycles. The Morgan fingerprint density at radius 1 is 0.962 bits per heavy atom. The molecule has 3 rings (SSSR count). The van der Waals surface area contributed by atoms with Crippen LogP contribution in [0.3, 0.4) is 0 Å². The van der Waals surface area contributed by atoms with Crippen molar-refractivity contribution in [3.05, 3.63) is 57.5 Å². The summed E-state index contributed by atoms with van der Waals surface area (Å²) in [5.74, 6) is -0.0969. The van der Waals surface area contributed by atoms with E-state index in [0.29, 0.717) is 15.7 Å². The monoisotopic (exact) mass is 411 g/mol. The number of carbonyl (C=O) groups is 1. The van der Waals surface area contributed by atoms with Crippen molar-refractivity contribution in [3.8, 4) is 0 Å². The second-order valence-electron chi connectivity index (χ2n) is 6.24. The highest BCUT2D eigenvalue weighted by Crippen LogP contribution is 2.30. The molecule has 1 N–H and O–H groups in total. The van der Waals surface area contributed by atoms with Gasteiger partial charge in [-0.3, -0.25) is 9.69 Å². The lowest BCUT2D eigenvalue weighted by Gasteiger charge is -2.38. The summed E-state index contributed by atoms with van der Waals surface area (Å²) in [6.07, 6.45) is 0. The van der Waals surface area contributed by atoms with E-state index in [4.69, 9.17) is 34.8 Å². The van der Waals surface area contributed by atoms with E-state index in [1.165, 1.54) is 0 Å². The Balaban J connectivity index is 1.59. The van der Waals surface area contributed by atoms with Crippen LogP contribution in [0.25, 0.3) is 0 Å². The maximum atomic E-state index is 12.6. The number of anilines is 2. The molecule has 1 heterocycles. The SMILES string of the molecule is CC(C(=O)Nc1cccc(Cl)c1Cl)N1CCN(c2ccccc2Cl)CC1. The molecule has 1 atom stereocenters. The van der Waals surface area contributed by atoms with Gasteiger partial charge in [0, 0.05) is 26.2 Å². The Bertz CT molecular complexity index is 791. The normalized spacial score (nSPS) is 16.4. The van der Waals surface area contributed by atoms with Gasteiger partial charge < -0.3 is 10.2 Å². The van der Waals surface area contributed by atoms with Gasteiger partial charge in [-0.05, 0) is 31.2 Å². The molecule has 0 aliphatic carbocycles. The van der Waals surface area contributed by atoms with E-state index < -0.39 is 0 Å². The van der Waals surface area contributed by atoms with Crippen LogP contribution in [0.5, 0.6) is 0 Å². The van der Waals surface area contributed by atoms with Crippen LogP contribution in [0.1, 0.15) is 6.92 Å². The predicted molar refractivity (Wildman–Crippen MR) is 110 cm³/mol. The van der Waals surface area contributed by atoms with Crippen LogP contribution in [0.15, 0.2) is 42.5 Å². The largest absolute Gasteiger partial charge is 0.368 e. The van der Waals surface area contributed by atoms with Crippen molar-refractivity contribution in [1.29, 1.82) is 0 Å². The molecule has 7 heteroatoms. The quantitative estimate of drug-likeness (QED) is 0.784. The number of nitrogens with zero attached hydrogens (tertiary/aromatic N) is 2. The molecular formula is C19H20Cl3N3O. The number of rotatable bonds is 4. The van der Waals surface area contributed by atoms with Gasteiger partial charge in [-0.25, -0.2) is 0 Å². The average Bonchev–Trinajstić information content (AvgIpc) is 2.65. The van der Waals surface area contributed by atoms with E-state index in [9.17, 15) is 4.79 Å². The average molecular weight is 413 g/mol. The summed E-state index contributed by atoms with van der Waals surface area (Å²) in [4.78, 5) is 17.0. The first kappa shape index (κ1) is 19.3. The van der Waals surface area contributed by atoms with E-state index in [-0.39, 0.29) is 11.9 Å². The van der Waals surface area contributed by atoms with E-state index >= 15 is 0 Å². The van der Waals surface area contributed by atoms with Crippen LogP contribution >= 0.6 is 34.8 Å². The van der Waals surface area contributed by atoms with Gasteiger partial charge in [-0.2, -0.15) is 0 Å². The molecule has 2 aromatic rings. The number of halogens is 3. The van der Waals surface area contributed by atoms with Crippen molar-refractivity contribution < 1.29 is 4.79 Å². The first-order valence-corrected chi connectivity index (χ1v) is 9.59. The standard InChI is InChI=1S/C19H20Cl3N3O/c1-13(19(26)23-16-7-4-6-15(21)18(16)22)24-9-11-25(12-10-24)17-8-3-2-5-14(17)20/h2-8,13H,9-12H2,1H3,(H,23,26). The van der Waals surface area contributed by atoms with Crippen LogP contribution in [-0.2, 0) is 4.79 Å². The first-order valence-electron chi connectivity index (χ1n) is 8.46. The minimum absolute atomic E-state index is 0.0969. The molecule has 1 aliphatic rings. The van der Waals surface area contributed by atoms with Gasteiger partial charge in [0.05, 0.1) is 32.5 Å².